The lowest BCUT2D eigenvalue weighted by Crippen LogP contribution is -2.32. The van der Waals surface area contributed by atoms with Crippen LogP contribution in [0.4, 0.5) is 0 Å². The molecule has 0 saturated heterocycles. The number of ether oxygens (including phenoxy) is 1. The van der Waals surface area contributed by atoms with Crippen LogP contribution in [0.25, 0.3) is 0 Å². The van der Waals surface area contributed by atoms with Gasteiger partial charge in [-0.25, -0.2) is 13.6 Å². The number of hydrogen-bond donors (Lipinski definition) is 3. The van der Waals surface area contributed by atoms with Crippen LogP contribution in [0.3, 0.4) is 0 Å². The molecule has 146 valence electrons. The number of hydrogen-bond acceptors (Lipinski definition) is 5. The van der Waals surface area contributed by atoms with Crippen LogP contribution in [0, 0.1) is 0 Å². The Balaban J connectivity index is 2.12. The summed E-state index contributed by atoms with van der Waals surface area (Å²) in [5.74, 6) is 0.176. The van der Waals surface area contributed by atoms with Crippen LogP contribution in [-0.4, -0.2) is 28.0 Å². The molecule has 1 unspecified atom stereocenters. The molecule has 0 aromatic heterocycles. The number of benzene rings is 2. The lowest BCUT2D eigenvalue weighted by Gasteiger charge is -2.16. The first-order valence-electron chi connectivity index (χ1n) is 8.48. The molecule has 1 amide bonds. The van der Waals surface area contributed by atoms with Gasteiger partial charge >= 0.3 is 0 Å². The Kier molecular flexibility index (Phi) is 6.59. The van der Waals surface area contributed by atoms with Crippen molar-refractivity contribution in [1.82, 2.24) is 5.32 Å². The summed E-state index contributed by atoms with van der Waals surface area (Å²) >= 11 is 0. The summed E-state index contributed by atoms with van der Waals surface area (Å²) in [6.07, 6.45) is 0. The number of nitrogens with two attached hydrogens (primary N) is 2. The molecule has 0 bridgehead atoms. The van der Waals surface area contributed by atoms with Gasteiger partial charge in [0.1, 0.15) is 5.75 Å². The normalized spacial score (nSPS) is 12.7. The van der Waals surface area contributed by atoms with E-state index in [1.165, 1.54) is 30.9 Å². The van der Waals surface area contributed by atoms with Gasteiger partial charge in [-0.15, -0.1) is 0 Å². The first-order chi connectivity index (χ1) is 12.6. The van der Waals surface area contributed by atoms with Gasteiger partial charge in [-0.1, -0.05) is 38.1 Å². The number of carbonyl (C=O) groups excluding carboxylic acids is 1. The zero-order valence-corrected chi connectivity index (χ0v) is 16.4. The van der Waals surface area contributed by atoms with Crippen LogP contribution in [-0.2, 0) is 10.0 Å². The fraction of sp³-hybridized carbons (Fsp3) is 0.316. The number of carbonyl (C=O) groups is 1. The molecule has 5 N–H and O–H groups in total. The van der Waals surface area contributed by atoms with E-state index in [0.717, 1.165) is 5.56 Å². The molecule has 0 spiro atoms. The molecule has 0 aliphatic rings. The van der Waals surface area contributed by atoms with E-state index in [2.05, 4.69) is 19.2 Å². The van der Waals surface area contributed by atoms with Crippen LogP contribution in [0.2, 0.25) is 0 Å². The standard InChI is InChI=1S/C19H25N3O4S/c1-12(2)13-4-6-14(7-5-13)17(20)11-22-19(23)16-10-15(27(21,24)25)8-9-18(16)26-3/h4-10,12,17H,11,20H2,1-3H3,(H,22,23)(H2,21,24,25). The molecular formula is C19H25N3O4S. The zero-order valence-electron chi connectivity index (χ0n) is 15.6. The highest BCUT2D eigenvalue weighted by Crippen LogP contribution is 2.22. The number of nitrogens with one attached hydrogen (secondary N) is 1. The second-order valence-corrected chi connectivity index (χ2v) is 8.11. The molecule has 0 aliphatic carbocycles. The largest absolute Gasteiger partial charge is 0.496 e. The van der Waals surface area contributed by atoms with Crippen LogP contribution in [0.5, 0.6) is 5.75 Å². The highest BCUT2D eigenvalue weighted by molar-refractivity contribution is 7.89. The molecule has 2 rings (SSSR count). The molecule has 7 nitrogen and oxygen atoms in total. The summed E-state index contributed by atoms with van der Waals surface area (Å²) in [6, 6.07) is 11.4. The molecule has 2 aromatic rings. The molecule has 2 aromatic carbocycles. The summed E-state index contributed by atoms with van der Waals surface area (Å²) in [4.78, 5) is 12.3. The number of sulfonamides is 1. The highest BCUT2D eigenvalue weighted by atomic mass is 32.2. The van der Waals surface area contributed by atoms with E-state index in [9.17, 15) is 13.2 Å². The predicted octanol–water partition coefficient (Wildman–Crippen LogP) is 1.90. The first kappa shape index (κ1) is 20.9. The summed E-state index contributed by atoms with van der Waals surface area (Å²) in [6.45, 7) is 4.40. The number of primary sulfonamides is 1. The Bertz CT molecular complexity index is 909. The van der Waals surface area contributed by atoms with Gasteiger partial charge in [0, 0.05) is 12.6 Å². The average molecular weight is 391 g/mol. The van der Waals surface area contributed by atoms with Crippen molar-refractivity contribution in [2.45, 2.75) is 30.7 Å². The third kappa shape index (κ3) is 5.29. The van der Waals surface area contributed by atoms with Gasteiger partial charge in [-0.3, -0.25) is 4.79 Å². The number of amides is 1. The lowest BCUT2D eigenvalue weighted by atomic mass is 9.99. The van der Waals surface area contributed by atoms with E-state index in [0.29, 0.717) is 5.92 Å². The zero-order chi connectivity index (χ0) is 20.2. The second-order valence-electron chi connectivity index (χ2n) is 6.54. The lowest BCUT2D eigenvalue weighted by molar-refractivity contribution is 0.0948. The predicted molar refractivity (Wildman–Crippen MR) is 104 cm³/mol. The summed E-state index contributed by atoms with van der Waals surface area (Å²) in [7, 11) is -2.54. The van der Waals surface area contributed by atoms with E-state index in [1.807, 2.05) is 24.3 Å². The van der Waals surface area contributed by atoms with Crippen molar-refractivity contribution < 1.29 is 17.9 Å². The van der Waals surface area contributed by atoms with Crippen LogP contribution in [0.15, 0.2) is 47.4 Å². The van der Waals surface area contributed by atoms with Gasteiger partial charge in [0.05, 0.1) is 17.6 Å². The van der Waals surface area contributed by atoms with Crippen molar-refractivity contribution in [3.63, 3.8) is 0 Å². The molecule has 0 radical (unpaired) electrons. The van der Waals surface area contributed by atoms with Gasteiger partial charge in [-0.2, -0.15) is 0 Å². The number of methoxy groups -OCH3 is 1. The van der Waals surface area contributed by atoms with Gasteiger partial charge in [0.2, 0.25) is 10.0 Å². The Labute approximate surface area is 159 Å². The maximum atomic E-state index is 12.5. The van der Waals surface area contributed by atoms with Crippen molar-refractivity contribution >= 4 is 15.9 Å². The van der Waals surface area contributed by atoms with Crippen molar-refractivity contribution in [2.75, 3.05) is 13.7 Å². The maximum absolute atomic E-state index is 12.5. The molecule has 0 aliphatic heterocycles. The Morgan fingerprint density at radius 1 is 1.11 bits per heavy atom. The second kappa shape index (κ2) is 8.51. The molecule has 1 atom stereocenters. The molecule has 0 heterocycles. The van der Waals surface area contributed by atoms with Gasteiger partial charge in [0.15, 0.2) is 0 Å². The van der Waals surface area contributed by atoms with Crippen LogP contribution >= 0.6 is 0 Å². The minimum Gasteiger partial charge on any atom is -0.496 e. The molecule has 8 heteroatoms. The van der Waals surface area contributed by atoms with E-state index in [-0.39, 0.29) is 22.8 Å². The molecule has 0 fully saturated rings. The summed E-state index contributed by atoms with van der Waals surface area (Å²) in [5, 5.41) is 7.84. The molecule has 0 saturated carbocycles. The Morgan fingerprint density at radius 3 is 2.22 bits per heavy atom. The Morgan fingerprint density at radius 2 is 1.70 bits per heavy atom. The fourth-order valence-electron chi connectivity index (χ4n) is 2.59. The Hall–Kier alpha value is -2.42. The van der Waals surface area contributed by atoms with Crippen molar-refractivity contribution in [1.29, 1.82) is 0 Å². The fourth-order valence-corrected chi connectivity index (χ4v) is 3.13. The molecule has 27 heavy (non-hydrogen) atoms. The topological polar surface area (TPSA) is 125 Å². The maximum Gasteiger partial charge on any atom is 0.255 e. The van der Waals surface area contributed by atoms with E-state index in [1.54, 1.807) is 0 Å². The SMILES string of the molecule is COc1ccc(S(N)(=O)=O)cc1C(=O)NCC(N)c1ccc(C(C)C)cc1. The monoisotopic (exact) mass is 391 g/mol. The minimum atomic E-state index is -3.93. The van der Waals surface area contributed by atoms with Crippen LogP contribution < -0.4 is 20.9 Å². The first-order valence-corrected chi connectivity index (χ1v) is 10.0. The smallest absolute Gasteiger partial charge is 0.255 e. The quantitative estimate of drug-likeness (QED) is 0.665. The van der Waals surface area contributed by atoms with Crippen molar-refractivity contribution in [3.8, 4) is 5.75 Å². The van der Waals surface area contributed by atoms with Crippen molar-refractivity contribution in [3.05, 3.63) is 59.2 Å². The molecular weight excluding hydrogens is 366 g/mol. The highest BCUT2D eigenvalue weighted by Gasteiger charge is 2.18. The number of rotatable bonds is 7. The average Bonchev–Trinajstić information content (AvgIpc) is 2.64. The van der Waals surface area contributed by atoms with E-state index in [4.69, 9.17) is 15.6 Å². The van der Waals surface area contributed by atoms with E-state index >= 15 is 0 Å². The summed E-state index contributed by atoms with van der Waals surface area (Å²) in [5.41, 5.74) is 8.33. The van der Waals surface area contributed by atoms with Gasteiger partial charge < -0.3 is 15.8 Å². The summed E-state index contributed by atoms with van der Waals surface area (Å²) < 4.78 is 28.2. The van der Waals surface area contributed by atoms with E-state index < -0.39 is 22.0 Å². The van der Waals surface area contributed by atoms with Crippen molar-refractivity contribution in [2.24, 2.45) is 10.9 Å². The third-order valence-electron chi connectivity index (χ3n) is 4.26. The van der Waals surface area contributed by atoms with Gasteiger partial charge in [-0.05, 0) is 35.2 Å². The van der Waals surface area contributed by atoms with Crippen LogP contribution in [0.1, 0.15) is 47.3 Å². The third-order valence-corrected chi connectivity index (χ3v) is 5.17. The minimum absolute atomic E-state index is 0.0754. The van der Waals surface area contributed by atoms with Gasteiger partial charge in [0.25, 0.3) is 5.91 Å².